The molecule has 0 aliphatic rings. The molecule has 2 heterocycles. The molecule has 2 N–H and O–H groups in total. The number of aromatic amines is 1. The predicted molar refractivity (Wildman–Crippen MR) is 101 cm³/mol. The van der Waals surface area contributed by atoms with Crippen molar-refractivity contribution in [2.75, 3.05) is 5.32 Å². The highest BCUT2D eigenvalue weighted by Gasteiger charge is 2.14. The van der Waals surface area contributed by atoms with Crippen molar-refractivity contribution in [3.05, 3.63) is 82.8 Å². The van der Waals surface area contributed by atoms with Gasteiger partial charge in [-0.25, -0.2) is 4.68 Å². The quantitative estimate of drug-likeness (QED) is 0.599. The van der Waals surface area contributed by atoms with Gasteiger partial charge in [-0.2, -0.15) is 5.10 Å². The minimum absolute atomic E-state index is 0.186. The number of amides is 1. The molecule has 0 saturated heterocycles. The normalized spacial score (nSPS) is 10.8. The van der Waals surface area contributed by atoms with Crippen LogP contribution in [0.5, 0.6) is 0 Å². The van der Waals surface area contributed by atoms with E-state index in [1.165, 1.54) is 10.7 Å². The molecule has 0 saturated carbocycles. The summed E-state index contributed by atoms with van der Waals surface area (Å²) < 4.78 is 1.27. The van der Waals surface area contributed by atoms with E-state index in [0.29, 0.717) is 16.9 Å². The molecule has 6 heteroatoms. The third-order valence-corrected chi connectivity index (χ3v) is 4.25. The van der Waals surface area contributed by atoms with E-state index in [2.05, 4.69) is 15.4 Å². The molecule has 6 nitrogen and oxygen atoms in total. The Kier molecular flexibility index (Phi) is 3.85. The number of H-pyrrole nitrogens is 1. The highest BCUT2D eigenvalue weighted by molar-refractivity contribution is 6.13. The second-order valence-corrected chi connectivity index (χ2v) is 5.93. The van der Waals surface area contributed by atoms with Crippen LogP contribution in [0.1, 0.15) is 10.4 Å². The summed E-state index contributed by atoms with van der Waals surface area (Å²) in [4.78, 5) is 27.5. The number of carbonyl (C=O) groups excluding carboxylic acids is 1. The van der Waals surface area contributed by atoms with Crippen LogP contribution in [0.2, 0.25) is 0 Å². The molecule has 128 valence electrons. The second-order valence-electron chi connectivity index (χ2n) is 5.93. The molecule has 4 aromatic rings. The van der Waals surface area contributed by atoms with Gasteiger partial charge in [0.15, 0.2) is 0 Å². The lowest BCUT2D eigenvalue weighted by atomic mass is 10.1. The van der Waals surface area contributed by atoms with Gasteiger partial charge in [0.1, 0.15) is 0 Å². The number of anilines is 1. The summed E-state index contributed by atoms with van der Waals surface area (Å²) in [5.74, 6) is -0.209. The Morgan fingerprint density at radius 2 is 1.81 bits per heavy atom. The van der Waals surface area contributed by atoms with Gasteiger partial charge in [-0.05, 0) is 18.2 Å². The first-order chi connectivity index (χ1) is 12.6. The number of para-hydroxylation sites is 2. The summed E-state index contributed by atoms with van der Waals surface area (Å²) in [6.07, 6.45) is 1.70. The van der Waals surface area contributed by atoms with E-state index < -0.39 is 0 Å². The first-order valence-electron chi connectivity index (χ1n) is 8.15. The fourth-order valence-corrected chi connectivity index (χ4v) is 2.91. The average molecular weight is 344 g/mol. The molecule has 0 bridgehead atoms. The van der Waals surface area contributed by atoms with Crippen LogP contribution in [-0.4, -0.2) is 20.7 Å². The number of fused-ring (bicyclic) bond motifs is 1. The zero-order valence-corrected chi connectivity index (χ0v) is 14.1. The van der Waals surface area contributed by atoms with E-state index in [-0.39, 0.29) is 11.5 Å². The summed E-state index contributed by atoms with van der Waals surface area (Å²) in [5, 5.41) is 8.09. The van der Waals surface area contributed by atoms with E-state index in [1.54, 1.807) is 19.3 Å². The Morgan fingerprint density at radius 3 is 2.65 bits per heavy atom. The van der Waals surface area contributed by atoms with Crippen molar-refractivity contribution in [3.63, 3.8) is 0 Å². The number of nitrogens with one attached hydrogen (secondary N) is 2. The predicted octanol–water partition coefficient (Wildman–Crippen LogP) is 3.18. The number of hydrogen-bond acceptors (Lipinski definition) is 3. The van der Waals surface area contributed by atoms with Crippen LogP contribution in [-0.2, 0) is 7.05 Å². The number of carbonyl (C=O) groups is 1. The summed E-state index contributed by atoms with van der Waals surface area (Å²) in [5.41, 5.74) is 3.29. The molecule has 0 aliphatic carbocycles. The highest BCUT2D eigenvalue weighted by Crippen LogP contribution is 2.27. The number of aryl methyl sites for hydroxylation is 1. The number of rotatable bonds is 3. The molecule has 4 rings (SSSR count). The summed E-state index contributed by atoms with van der Waals surface area (Å²) in [7, 11) is 1.60. The molecule has 0 fully saturated rings. The fraction of sp³-hybridized carbons (Fsp3) is 0.0500. The summed E-state index contributed by atoms with van der Waals surface area (Å²) >= 11 is 0. The Morgan fingerprint density at radius 1 is 1.04 bits per heavy atom. The molecule has 2 aromatic heterocycles. The molecule has 0 atom stereocenters. The Hall–Kier alpha value is -3.67. The summed E-state index contributed by atoms with van der Waals surface area (Å²) in [6, 6.07) is 18.1. The molecule has 0 radical (unpaired) electrons. The number of hydrogen-bond donors (Lipinski definition) is 2. The van der Waals surface area contributed by atoms with E-state index in [9.17, 15) is 9.59 Å². The van der Waals surface area contributed by atoms with Gasteiger partial charge in [0.05, 0.1) is 16.9 Å². The van der Waals surface area contributed by atoms with Gasteiger partial charge in [0.2, 0.25) is 0 Å². The van der Waals surface area contributed by atoms with Crippen molar-refractivity contribution >= 4 is 22.5 Å². The first-order valence-corrected chi connectivity index (χ1v) is 8.15. The first kappa shape index (κ1) is 15.8. The van der Waals surface area contributed by atoms with Crippen LogP contribution >= 0.6 is 0 Å². The zero-order valence-electron chi connectivity index (χ0n) is 14.1. The minimum atomic E-state index is -0.209. The Balaban J connectivity index is 1.72. The monoisotopic (exact) mass is 344 g/mol. The maximum atomic E-state index is 12.8. The number of benzene rings is 2. The molecule has 0 unspecified atom stereocenters. The van der Waals surface area contributed by atoms with Crippen molar-refractivity contribution in [3.8, 4) is 11.3 Å². The van der Waals surface area contributed by atoms with Crippen molar-refractivity contribution in [2.24, 2.45) is 7.05 Å². The Bertz CT molecular complexity index is 1170. The van der Waals surface area contributed by atoms with Crippen molar-refractivity contribution in [1.82, 2.24) is 14.8 Å². The largest absolute Gasteiger partial charge is 0.360 e. The maximum Gasteiger partial charge on any atom is 0.266 e. The molecular weight excluding hydrogens is 328 g/mol. The molecular formula is C20H16N4O2. The molecule has 2 aromatic carbocycles. The van der Waals surface area contributed by atoms with E-state index in [0.717, 1.165) is 16.5 Å². The van der Waals surface area contributed by atoms with Gasteiger partial charge in [-0.3, -0.25) is 9.59 Å². The van der Waals surface area contributed by atoms with E-state index >= 15 is 0 Å². The van der Waals surface area contributed by atoms with Crippen LogP contribution < -0.4 is 10.9 Å². The Labute approximate surface area is 149 Å². The van der Waals surface area contributed by atoms with Gasteiger partial charge in [0, 0.05) is 35.8 Å². The number of aromatic nitrogens is 3. The topological polar surface area (TPSA) is 79.8 Å². The lowest BCUT2D eigenvalue weighted by Crippen LogP contribution is -2.18. The average Bonchev–Trinajstić information content (AvgIpc) is 3.09. The standard InChI is InChI=1S/C20H16N4O2/c1-24-19(25)11-10-18(23-24)14-7-3-5-9-17(14)22-20(26)15-12-21-16-8-4-2-6-13(15)16/h2-12,21H,1H3,(H,22,26). The van der Waals surface area contributed by atoms with E-state index in [4.69, 9.17) is 0 Å². The number of nitrogens with zero attached hydrogens (tertiary/aromatic N) is 2. The zero-order chi connectivity index (χ0) is 18.1. The van der Waals surface area contributed by atoms with Crippen molar-refractivity contribution in [2.45, 2.75) is 0 Å². The van der Waals surface area contributed by atoms with Gasteiger partial charge >= 0.3 is 0 Å². The smallest absolute Gasteiger partial charge is 0.266 e. The molecule has 1 amide bonds. The molecule has 0 spiro atoms. The van der Waals surface area contributed by atoms with Crippen molar-refractivity contribution in [1.29, 1.82) is 0 Å². The van der Waals surface area contributed by atoms with Gasteiger partial charge < -0.3 is 10.3 Å². The lowest BCUT2D eigenvalue weighted by molar-refractivity contribution is 0.102. The lowest BCUT2D eigenvalue weighted by Gasteiger charge is -2.11. The van der Waals surface area contributed by atoms with Crippen LogP contribution in [0, 0.1) is 0 Å². The van der Waals surface area contributed by atoms with Gasteiger partial charge in [-0.15, -0.1) is 0 Å². The summed E-state index contributed by atoms with van der Waals surface area (Å²) in [6.45, 7) is 0. The molecule has 0 aliphatic heterocycles. The van der Waals surface area contributed by atoms with Gasteiger partial charge in [0.25, 0.3) is 11.5 Å². The molecule has 26 heavy (non-hydrogen) atoms. The third-order valence-electron chi connectivity index (χ3n) is 4.25. The fourth-order valence-electron chi connectivity index (χ4n) is 2.91. The SMILES string of the molecule is Cn1nc(-c2ccccc2NC(=O)c2c[nH]c3ccccc23)ccc1=O. The van der Waals surface area contributed by atoms with Crippen molar-refractivity contribution < 1.29 is 4.79 Å². The van der Waals surface area contributed by atoms with E-state index in [1.807, 2.05) is 48.5 Å². The van der Waals surface area contributed by atoms with Crippen LogP contribution in [0.4, 0.5) is 5.69 Å². The van der Waals surface area contributed by atoms with Crippen LogP contribution in [0.15, 0.2) is 71.7 Å². The van der Waals surface area contributed by atoms with Crippen LogP contribution in [0.25, 0.3) is 22.2 Å². The second kappa shape index (κ2) is 6.33. The third kappa shape index (κ3) is 2.77. The van der Waals surface area contributed by atoms with Crippen LogP contribution in [0.3, 0.4) is 0 Å². The minimum Gasteiger partial charge on any atom is -0.360 e. The maximum absolute atomic E-state index is 12.8. The van der Waals surface area contributed by atoms with Gasteiger partial charge in [-0.1, -0.05) is 36.4 Å². The highest BCUT2D eigenvalue weighted by atomic mass is 16.1.